The molecule has 82 valence electrons. The summed E-state index contributed by atoms with van der Waals surface area (Å²) in [6, 6.07) is -0.676. The Morgan fingerprint density at radius 3 is 2.50 bits per heavy atom. The highest BCUT2D eigenvalue weighted by Crippen LogP contribution is 1.89. The second-order valence-corrected chi connectivity index (χ2v) is 3.19. The third-order valence-corrected chi connectivity index (χ3v) is 1.87. The number of primary amides is 1. The molecular weight excluding hydrogens is 184 g/mol. The maximum absolute atomic E-state index is 10.9. The number of carbonyl (C=O) groups excluding carboxylic acids is 2. The van der Waals surface area contributed by atoms with E-state index in [1.807, 2.05) is 0 Å². The van der Waals surface area contributed by atoms with E-state index in [4.69, 9.17) is 11.5 Å². The Morgan fingerprint density at radius 1 is 1.50 bits per heavy atom. The molecule has 0 heterocycles. The fourth-order valence-corrected chi connectivity index (χ4v) is 0.934. The molecule has 0 aromatic rings. The van der Waals surface area contributed by atoms with Crippen LogP contribution in [0.3, 0.4) is 0 Å². The summed E-state index contributed by atoms with van der Waals surface area (Å²) in [6.45, 7) is 0.924. The van der Waals surface area contributed by atoms with Crippen molar-refractivity contribution < 1.29 is 9.59 Å². The summed E-state index contributed by atoms with van der Waals surface area (Å²) in [5.41, 5.74) is 10.4. The lowest BCUT2D eigenvalue weighted by atomic mass is 10.2. The largest absolute Gasteiger partial charge is 0.368 e. The molecule has 5 N–H and O–H groups in total. The van der Waals surface area contributed by atoms with E-state index < -0.39 is 11.9 Å². The molecule has 0 bridgehead atoms. The van der Waals surface area contributed by atoms with Gasteiger partial charge in [-0.3, -0.25) is 9.59 Å². The molecule has 0 aliphatic heterocycles. The van der Waals surface area contributed by atoms with Gasteiger partial charge in [0, 0.05) is 26.6 Å². The molecule has 0 spiro atoms. The number of amides is 2. The van der Waals surface area contributed by atoms with Crippen molar-refractivity contribution in [2.45, 2.75) is 12.5 Å². The van der Waals surface area contributed by atoms with Crippen molar-refractivity contribution in [1.29, 1.82) is 0 Å². The molecule has 6 nitrogen and oxygen atoms in total. The SMILES string of the molecule is CNC(=O)CCN(C)CC(N)C(N)=O. The molecule has 0 saturated heterocycles. The Labute approximate surface area is 83.6 Å². The average Bonchev–Trinajstić information content (AvgIpc) is 2.13. The molecule has 6 heteroatoms. The van der Waals surface area contributed by atoms with E-state index in [1.165, 1.54) is 0 Å². The van der Waals surface area contributed by atoms with Gasteiger partial charge >= 0.3 is 0 Å². The molecule has 0 aliphatic carbocycles. The lowest BCUT2D eigenvalue weighted by molar-refractivity contribution is -0.120. The van der Waals surface area contributed by atoms with Gasteiger partial charge in [-0.15, -0.1) is 0 Å². The molecule has 0 radical (unpaired) electrons. The zero-order valence-corrected chi connectivity index (χ0v) is 8.62. The number of nitrogens with one attached hydrogen (secondary N) is 1. The van der Waals surface area contributed by atoms with Crippen LogP contribution in [0.2, 0.25) is 0 Å². The second kappa shape index (κ2) is 6.33. The van der Waals surface area contributed by atoms with E-state index in [1.54, 1.807) is 19.0 Å². The van der Waals surface area contributed by atoms with Gasteiger partial charge < -0.3 is 21.7 Å². The summed E-state index contributed by atoms with van der Waals surface area (Å²) in [4.78, 5) is 23.3. The summed E-state index contributed by atoms with van der Waals surface area (Å²) in [5, 5.41) is 2.51. The van der Waals surface area contributed by atoms with E-state index >= 15 is 0 Å². The Kier molecular flexibility index (Phi) is 5.82. The Bertz CT molecular complexity index is 208. The van der Waals surface area contributed by atoms with Crippen LogP contribution in [-0.4, -0.2) is 49.9 Å². The molecule has 0 aromatic heterocycles. The van der Waals surface area contributed by atoms with Crippen LogP contribution in [0, 0.1) is 0 Å². The van der Waals surface area contributed by atoms with Gasteiger partial charge in [0.2, 0.25) is 11.8 Å². The van der Waals surface area contributed by atoms with Crippen LogP contribution < -0.4 is 16.8 Å². The predicted molar refractivity (Wildman–Crippen MR) is 53.4 cm³/mol. The number of likely N-dealkylation sites (N-methyl/N-ethyl adjacent to an activating group) is 1. The topological polar surface area (TPSA) is 101 Å². The average molecular weight is 202 g/mol. The minimum Gasteiger partial charge on any atom is -0.368 e. The molecule has 0 aliphatic rings. The van der Waals surface area contributed by atoms with Crippen molar-refractivity contribution in [3.63, 3.8) is 0 Å². The standard InChI is InChI=1S/C8H18N4O2/c1-11-7(13)3-4-12(2)5-6(9)8(10)14/h6H,3-5,9H2,1-2H3,(H2,10,14)(H,11,13). The lowest BCUT2D eigenvalue weighted by Gasteiger charge is -2.18. The van der Waals surface area contributed by atoms with Crippen molar-refractivity contribution in [2.75, 3.05) is 27.2 Å². The molecule has 0 rings (SSSR count). The summed E-state index contributed by atoms with van der Waals surface area (Å²) >= 11 is 0. The molecule has 0 fully saturated rings. The first kappa shape index (κ1) is 12.9. The third kappa shape index (κ3) is 5.50. The number of hydrogen-bond donors (Lipinski definition) is 3. The Balaban J connectivity index is 3.70. The van der Waals surface area contributed by atoms with Crippen LogP contribution in [0.1, 0.15) is 6.42 Å². The molecule has 14 heavy (non-hydrogen) atoms. The summed E-state index contributed by atoms with van der Waals surface area (Å²) in [7, 11) is 3.36. The maximum Gasteiger partial charge on any atom is 0.235 e. The van der Waals surface area contributed by atoms with Gasteiger partial charge in [-0.2, -0.15) is 0 Å². The molecular formula is C8H18N4O2. The number of rotatable bonds is 6. The van der Waals surface area contributed by atoms with Crippen molar-refractivity contribution in [1.82, 2.24) is 10.2 Å². The van der Waals surface area contributed by atoms with Gasteiger partial charge in [0.1, 0.15) is 0 Å². The van der Waals surface area contributed by atoms with Crippen LogP contribution in [0.4, 0.5) is 0 Å². The molecule has 2 amide bonds. The monoisotopic (exact) mass is 202 g/mol. The van der Waals surface area contributed by atoms with Gasteiger partial charge in [0.15, 0.2) is 0 Å². The van der Waals surface area contributed by atoms with Gasteiger partial charge in [-0.1, -0.05) is 0 Å². The van der Waals surface area contributed by atoms with E-state index in [0.717, 1.165) is 0 Å². The summed E-state index contributed by atoms with van der Waals surface area (Å²) < 4.78 is 0. The van der Waals surface area contributed by atoms with Gasteiger partial charge in [-0.25, -0.2) is 0 Å². The molecule has 0 saturated carbocycles. The fourth-order valence-electron chi connectivity index (χ4n) is 0.934. The highest BCUT2D eigenvalue weighted by Gasteiger charge is 2.12. The van der Waals surface area contributed by atoms with Crippen molar-refractivity contribution >= 4 is 11.8 Å². The smallest absolute Gasteiger partial charge is 0.235 e. The zero-order chi connectivity index (χ0) is 11.1. The van der Waals surface area contributed by atoms with E-state index in [-0.39, 0.29) is 5.91 Å². The normalized spacial score (nSPS) is 12.6. The van der Waals surface area contributed by atoms with Crippen LogP contribution in [0.25, 0.3) is 0 Å². The Hall–Kier alpha value is -1.14. The first-order valence-corrected chi connectivity index (χ1v) is 4.41. The van der Waals surface area contributed by atoms with Crippen molar-refractivity contribution in [2.24, 2.45) is 11.5 Å². The van der Waals surface area contributed by atoms with Crippen LogP contribution >= 0.6 is 0 Å². The number of nitrogens with two attached hydrogens (primary N) is 2. The zero-order valence-electron chi connectivity index (χ0n) is 8.62. The lowest BCUT2D eigenvalue weighted by Crippen LogP contribution is -2.45. The van der Waals surface area contributed by atoms with Gasteiger partial charge in [-0.05, 0) is 7.05 Å². The van der Waals surface area contributed by atoms with E-state index in [0.29, 0.717) is 19.5 Å². The Morgan fingerprint density at radius 2 is 2.07 bits per heavy atom. The van der Waals surface area contributed by atoms with Crippen molar-refractivity contribution in [3.05, 3.63) is 0 Å². The van der Waals surface area contributed by atoms with Gasteiger partial charge in [0.05, 0.1) is 6.04 Å². The summed E-state index contributed by atoms with van der Waals surface area (Å²) in [5.74, 6) is -0.568. The second-order valence-electron chi connectivity index (χ2n) is 3.19. The fraction of sp³-hybridized carbons (Fsp3) is 0.750. The minimum absolute atomic E-state index is 0.0375. The van der Waals surface area contributed by atoms with Crippen LogP contribution in [0.15, 0.2) is 0 Å². The molecule has 1 unspecified atom stereocenters. The first-order valence-electron chi connectivity index (χ1n) is 4.41. The minimum atomic E-state index is -0.676. The highest BCUT2D eigenvalue weighted by atomic mass is 16.2. The predicted octanol–water partition coefficient (Wildman–Crippen LogP) is -2.13. The number of carbonyl (C=O) groups is 2. The molecule has 1 atom stereocenters. The van der Waals surface area contributed by atoms with E-state index in [9.17, 15) is 9.59 Å². The van der Waals surface area contributed by atoms with Gasteiger partial charge in [0.25, 0.3) is 0 Å². The quantitative estimate of drug-likeness (QED) is 0.458. The van der Waals surface area contributed by atoms with Crippen LogP contribution in [0.5, 0.6) is 0 Å². The summed E-state index contributed by atoms with van der Waals surface area (Å²) in [6.07, 6.45) is 0.387. The molecule has 0 aromatic carbocycles. The first-order chi connectivity index (χ1) is 6.47. The maximum atomic E-state index is 10.9. The number of nitrogens with zero attached hydrogens (tertiary/aromatic N) is 1. The van der Waals surface area contributed by atoms with E-state index in [2.05, 4.69) is 5.32 Å². The highest BCUT2D eigenvalue weighted by molar-refractivity contribution is 5.79. The van der Waals surface area contributed by atoms with Crippen molar-refractivity contribution in [3.8, 4) is 0 Å². The third-order valence-electron chi connectivity index (χ3n) is 1.87. The number of hydrogen-bond acceptors (Lipinski definition) is 4. The van der Waals surface area contributed by atoms with Crippen LogP contribution in [-0.2, 0) is 9.59 Å².